The monoisotopic (exact) mass is 251 g/mol. The lowest BCUT2D eigenvalue weighted by Crippen LogP contribution is -2.43. The van der Waals surface area contributed by atoms with E-state index in [0.717, 1.165) is 0 Å². The number of rotatable bonds is 4. The molecule has 98 valence electrons. The quantitative estimate of drug-likeness (QED) is 0.360. The Morgan fingerprint density at radius 3 is 2.78 bits per heavy atom. The SMILES string of the molecule is COc1cccc(C(=O)N(C)C(C)C(N)=NO)c1. The number of amides is 1. The van der Waals surface area contributed by atoms with Crippen LogP contribution >= 0.6 is 0 Å². The zero-order chi connectivity index (χ0) is 13.7. The van der Waals surface area contributed by atoms with Crippen LogP contribution in [0.1, 0.15) is 17.3 Å². The minimum Gasteiger partial charge on any atom is -0.497 e. The fraction of sp³-hybridized carbons (Fsp3) is 0.333. The van der Waals surface area contributed by atoms with Gasteiger partial charge in [0.1, 0.15) is 5.75 Å². The van der Waals surface area contributed by atoms with Gasteiger partial charge >= 0.3 is 0 Å². The minimum absolute atomic E-state index is 0.0197. The first-order chi connectivity index (χ1) is 8.51. The molecule has 0 heterocycles. The second-order valence-electron chi connectivity index (χ2n) is 3.85. The highest BCUT2D eigenvalue weighted by atomic mass is 16.5. The molecule has 0 radical (unpaired) electrons. The molecule has 0 saturated heterocycles. The Morgan fingerprint density at radius 1 is 1.56 bits per heavy atom. The van der Waals surface area contributed by atoms with Gasteiger partial charge in [0.25, 0.3) is 5.91 Å². The molecule has 6 nitrogen and oxygen atoms in total. The summed E-state index contributed by atoms with van der Waals surface area (Å²) in [5.41, 5.74) is 5.95. The van der Waals surface area contributed by atoms with Gasteiger partial charge < -0.3 is 20.6 Å². The average molecular weight is 251 g/mol. The molecule has 1 amide bonds. The number of hydrogen-bond donors (Lipinski definition) is 2. The van der Waals surface area contributed by atoms with E-state index < -0.39 is 6.04 Å². The first-order valence-electron chi connectivity index (χ1n) is 5.40. The molecule has 1 aromatic carbocycles. The average Bonchev–Trinajstić information content (AvgIpc) is 2.43. The van der Waals surface area contributed by atoms with E-state index in [-0.39, 0.29) is 11.7 Å². The third-order valence-corrected chi connectivity index (χ3v) is 2.76. The van der Waals surface area contributed by atoms with Crippen LogP contribution in [0.5, 0.6) is 5.75 Å². The third-order valence-electron chi connectivity index (χ3n) is 2.76. The first-order valence-corrected chi connectivity index (χ1v) is 5.40. The molecule has 1 atom stereocenters. The maximum atomic E-state index is 12.2. The molecule has 3 N–H and O–H groups in total. The summed E-state index contributed by atoms with van der Waals surface area (Å²) in [7, 11) is 3.12. The summed E-state index contributed by atoms with van der Waals surface area (Å²) in [6.07, 6.45) is 0. The van der Waals surface area contributed by atoms with E-state index in [4.69, 9.17) is 15.7 Å². The van der Waals surface area contributed by atoms with E-state index in [0.29, 0.717) is 11.3 Å². The lowest BCUT2D eigenvalue weighted by molar-refractivity contribution is 0.0776. The van der Waals surface area contributed by atoms with Gasteiger partial charge in [-0.05, 0) is 25.1 Å². The lowest BCUT2D eigenvalue weighted by Gasteiger charge is -2.23. The molecular weight excluding hydrogens is 234 g/mol. The van der Waals surface area contributed by atoms with Crippen molar-refractivity contribution in [3.63, 3.8) is 0 Å². The standard InChI is InChI=1S/C12H17N3O3/c1-8(11(13)14-17)15(2)12(16)9-5-4-6-10(7-9)18-3/h4-8,17H,1-3H3,(H2,13,14). The van der Waals surface area contributed by atoms with Gasteiger partial charge in [0.15, 0.2) is 5.84 Å². The van der Waals surface area contributed by atoms with Crippen LogP contribution in [0, 0.1) is 0 Å². The van der Waals surface area contributed by atoms with Crippen molar-refractivity contribution in [2.75, 3.05) is 14.2 Å². The molecule has 1 unspecified atom stereocenters. The fourth-order valence-corrected chi connectivity index (χ4v) is 1.42. The Balaban J connectivity index is 2.92. The summed E-state index contributed by atoms with van der Waals surface area (Å²) >= 11 is 0. The van der Waals surface area contributed by atoms with Crippen molar-refractivity contribution >= 4 is 11.7 Å². The largest absolute Gasteiger partial charge is 0.497 e. The zero-order valence-corrected chi connectivity index (χ0v) is 10.6. The fourth-order valence-electron chi connectivity index (χ4n) is 1.42. The molecular formula is C12H17N3O3. The van der Waals surface area contributed by atoms with Crippen molar-refractivity contribution in [2.45, 2.75) is 13.0 Å². The number of amidine groups is 1. The van der Waals surface area contributed by atoms with Crippen LogP contribution in [0.4, 0.5) is 0 Å². The Hall–Kier alpha value is -2.24. The van der Waals surface area contributed by atoms with E-state index in [1.807, 2.05) is 0 Å². The highest BCUT2D eigenvalue weighted by Gasteiger charge is 2.20. The van der Waals surface area contributed by atoms with Crippen LogP contribution in [-0.4, -0.2) is 42.0 Å². The summed E-state index contributed by atoms with van der Waals surface area (Å²) < 4.78 is 5.05. The van der Waals surface area contributed by atoms with Crippen molar-refractivity contribution < 1.29 is 14.7 Å². The van der Waals surface area contributed by atoms with Gasteiger partial charge in [0.05, 0.1) is 13.2 Å². The second kappa shape index (κ2) is 5.90. The first kappa shape index (κ1) is 13.8. The highest BCUT2D eigenvalue weighted by Crippen LogP contribution is 2.14. The summed E-state index contributed by atoms with van der Waals surface area (Å²) in [5.74, 6) is 0.354. The van der Waals surface area contributed by atoms with E-state index in [1.165, 1.54) is 12.0 Å². The molecule has 0 bridgehead atoms. The number of ether oxygens (including phenoxy) is 1. The van der Waals surface area contributed by atoms with Crippen molar-refractivity contribution in [3.8, 4) is 5.75 Å². The molecule has 0 aliphatic heterocycles. The van der Waals surface area contributed by atoms with Crippen LogP contribution < -0.4 is 10.5 Å². The van der Waals surface area contributed by atoms with Gasteiger partial charge in [-0.15, -0.1) is 0 Å². The molecule has 18 heavy (non-hydrogen) atoms. The summed E-state index contributed by atoms with van der Waals surface area (Å²) in [4.78, 5) is 13.5. The molecule has 1 aromatic rings. The van der Waals surface area contributed by atoms with Crippen molar-refractivity contribution in [1.29, 1.82) is 0 Å². The van der Waals surface area contributed by atoms with Gasteiger partial charge in [-0.1, -0.05) is 11.2 Å². The van der Waals surface area contributed by atoms with Crippen LogP contribution in [0.15, 0.2) is 29.4 Å². The van der Waals surface area contributed by atoms with E-state index >= 15 is 0 Å². The van der Waals surface area contributed by atoms with Gasteiger partial charge in [0.2, 0.25) is 0 Å². The molecule has 0 saturated carbocycles. The maximum Gasteiger partial charge on any atom is 0.254 e. The van der Waals surface area contributed by atoms with Gasteiger partial charge in [0, 0.05) is 12.6 Å². The molecule has 6 heteroatoms. The summed E-state index contributed by atoms with van der Waals surface area (Å²) in [6, 6.07) is 6.31. The molecule has 0 aliphatic rings. The predicted molar refractivity (Wildman–Crippen MR) is 68.0 cm³/mol. The maximum absolute atomic E-state index is 12.2. The number of carbonyl (C=O) groups excluding carboxylic acids is 1. The number of hydrogen-bond acceptors (Lipinski definition) is 4. The lowest BCUT2D eigenvalue weighted by atomic mass is 10.1. The number of likely N-dealkylation sites (N-methyl/N-ethyl adjacent to an activating group) is 1. The third kappa shape index (κ3) is 2.91. The number of carbonyl (C=O) groups is 1. The van der Waals surface area contributed by atoms with Gasteiger partial charge in [-0.3, -0.25) is 4.79 Å². The van der Waals surface area contributed by atoms with Crippen LogP contribution in [0.3, 0.4) is 0 Å². The topological polar surface area (TPSA) is 88.2 Å². The molecule has 0 fully saturated rings. The Kier molecular flexibility index (Phi) is 4.53. The van der Waals surface area contributed by atoms with E-state index in [1.54, 1.807) is 38.2 Å². The summed E-state index contributed by atoms with van der Waals surface area (Å²) in [5, 5.41) is 11.5. The van der Waals surface area contributed by atoms with Crippen molar-refractivity contribution in [2.24, 2.45) is 10.9 Å². The van der Waals surface area contributed by atoms with Crippen LogP contribution in [-0.2, 0) is 0 Å². The Labute approximate surface area is 106 Å². The summed E-state index contributed by atoms with van der Waals surface area (Å²) in [6.45, 7) is 1.67. The van der Waals surface area contributed by atoms with Crippen molar-refractivity contribution in [3.05, 3.63) is 29.8 Å². The zero-order valence-electron chi connectivity index (χ0n) is 10.6. The smallest absolute Gasteiger partial charge is 0.254 e. The van der Waals surface area contributed by atoms with Crippen LogP contribution in [0.25, 0.3) is 0 Å². The Bertz CT molecular complexity index is 460. The van der Waals surface area contributed by atoms with E-state index in [9.17, 15) is 4.79 Å². The predicted octanol–water partition coefficient (Wildman–Crippen LogP) is 0.902. The van der Waals surface area contributed by atoms with Crippen LogP contribution in [0.2, 0.25) is 0 Å². The normalized spacial score (nSPS) is 12.9. The molecule has 1 rings (SSSR count). The second-order valence-corrected chi connectivity index (χ2v) is 3.85. The van der Waals surface area contributed by atoms with Gasteiger partial charge in [-0.2, -0.15) is 0 Å². The Morgan fingerprint density at radius 2 is 2.22 bits per heavy atom. The van der Waals surface area contributed by atoms with Gasteiger partial charge in [-0.25, -0.2) is 0 Å². The number of oxime groups is 1. The van der Waals surface area contributed by atoms with Crippen molar-refractivity contribution in [1.82, 2.24) is 4.90 Å². The molecule has 0 spiro atoms. The number of nitrogens with zero attached hydrogens (tertiary/aromatic N) is 2. The number of benzene rings is 1. The molecule has 0 aliphatic carbocycles. The number of methoxy groups -OCH3 is 1. The van der Waals surface area contributed by atoms with E-state index in [2.05, 4.69) is 5.16 Å². The molecule has 0 aromatic heterocycles. The highest BCUT2D eigenvalue weighted by molar-refractivity contribution is 5.98. The minimum atomic E-state index is -0.492. The number of nitrogens with two attached hydrogens (primary N) is 1.